The molecule has 8 aromatic rings. The van der Waals surface area contributed by atoms with Crippen LogP contribution >= 0.6 is 0 Å². The first-order valence-corrected chi connectivity index (χ1v) is 18.6. The van der Waals surface area contributed by atoms with Gasteiger partial charge in [0.25, 0.3) is 0 Å². The summed E-state index contributed by atoms with van der Waals surface area (Å²) >= 11 is 0. The highest BCUT2D eigenvalue weighted by atomic mass is 15.1. The summed E-state index contributed by atoms with van der Waals surface area (Å²) in [7, 11) is 0. The third-order valence-electron chi connectivity index (χ3n) is 12.0. The minimum Gasteiger partial charge on any atom is -0.310 e. The molecule has 1 heteroatoms. The third kappa shape index (κ3) is 4.70. The number of anilines is 3. The van der Waals surface area contributed by atoms with Gasteiger partial charge in [-0.2, -0.15) is 0 Å². The van der Waals surface area contributed by atoms with Crippen LogP contribution in [0.15, 0.2) is 200 Å². The second-order valence-electron chi connectivity index (χ2n) is 14.8. The summed E-state index contributed by atoms with van der Waals surface area (Å²) in [5.74, 6) is 0. The molecular formula is C52H39N. The zero-order valence-electron chi connectivity index (χ0n) is 30.0. The third-order valence-corrected chi connectivity index (χ3v) is 12.0. The van der Waals surface area contributed by atoms with Gasteiger partial charge in [0.15, 0.2) is 0 Å². The number of benzene rings is 8. The fourth-order valence-corrected chi connectivity index (χ4v) is 9.28. The van der Waals surface area contributed by atoms with Crippen molar-refractivity contribution in [1.29, 1.82) is 0 Å². The van der Waals surface area contributed by atoms with E-state index in [0.29, 0.717) is 0 Å². The highest BCUT2D eigenvalue weighted by Crippen LogP contribution is 2.56. The van der Waals surface area contributed by atoms with E-state index in [0.717, 1.165) is 17.1 Å². The first-order chi connectivity index (χ1) is 26.0. The van der Waals surface area contributed by atoms with Crippen LogP contribution in [0.1, 0.15) is 47.2 Å². The number of hydrogen-bond donors (Lipinski definition) is 0. The Morgan fingerprint density at radius 1 is 0.302 bits per heavy atom. The Balaban J connectivity index is 1.19. The monoisotopic (exact) mass is 677 g/mol. The largest absolute Gasteiger partial charge is 0.310 e. The van der Waals surface area contributed by atoms with Gasteiger partial charge in [-0.1, -0.05) is 164 Å². The van der Waals surface area contributed by atoms with E-state index < -0.39 is 0 Å². The summed E-state index contributed by atoms with van der Waals surface area (Å²) in [6, 6.07) is 73.8. The average molecular weight is 678 g/mol. The van der Waals surface area contributed by atoms with Crippen LogP contribution in [-0.2, 0) is 10.8 Å². The van der Waals surface area contributed by atoms with Gasteiger partial charge >= 0.3 is 0 Å². The maximum Gasteiger partial charge on any atom is 0.0465 e. The summed E-state index contributed by atoms with van der Waals surface area (Å²) in [4.78, 5) is 2.46. The Morgan fingerprint density at radius 3 is 1.13 bits per heavy atom. The molecule has 8 aromatic carbocycles. The molecule has 53 heavy (non-hydrogen) atoms. The molecule has 10 rings (SSSR count). The molecule has 2 unspecified atom stereocenters. The van der Waals surface area contributed by atoms with Gasteiger partial charge in [0.1, 0.15) is 0 Å². The van der Waals surface area contributed by atoms with Crippen LogP contribution in [0.3, 0.4) is 0 Å². The van der Waals surface area contributed by atoms with Crippen LogP contribution in [-0.4, -0.2) is 0 Å². The average Bonchev–Trinajstić information content (AvgIpc) is 3.65. The first kappa shape index (κ1) is 31.3. The first-order valence-electron chi connectivity index (χ1n) is 18.6. The lowest BCUT2D eigenvalue weighted by Crippen LogP contribution is -2.23. The fourth-order valence-electron chi connectivity index (χ4n) is 9.28. The van der Waals surface area contributed by atoms with E-state index >= 15 is 0 Å². The smallest absolute Gasteiger partial charge is 0.0465 e. The second-order valence-corrected chi connectivity index (χ2v) is 14.8. The highest BCUT2D eigenvalue weighted by molar-refractivity contribution is 5.90. The lowest BCUT2D eigenvalue weighted by molar-refractivity contribution is 0.713. The van der Waals surface area contributed by atoms with E-state index in [1.807, 2.05) is 0 Å². The number of fused-ring (bicyclic) bond motifs is 6. The summed E-state index contributed by atoms with van der Waals surface area (Å²) < 4.78 is 0. The van der Waals surface area contributed by atoms with Crippen LogP contribution in [0.2, 0.25) is 0 Å². The predicted molar refractivity (Wildman–Crippen MR) is 221 cm³/mol. The molecule has 2 aliphatic rings. The Hall–Kier alpha value is -6.44. The zero-order valence-corrected chi connectivity index (χ0v) is 30.0. The Morgan fingerprint density at radius 2 is 0.660 bits per heavy atom. The number of hydrogen-bond acceptors (Lipinski definition) is 1. The molecule has 0 N–H and O–H groups in total. The van der Waals surface area contributed by atoms with Crippen molar-refractivity contribution in [3.05, 3.63) is 234 Å². The molecule has 2 atom stereocenters. The maximum atomic E-state index is 2.46. The predicted octanol–water partition coefficient (Wildman–Crippen LogP) is 13.5. The van der Waals surface area contributed by atoms with Crippen molar-refractivity contribution < 1.29 is 0 Å². The van der Waals surface area contributed by atoms with Crippen molar-refractivity contribution in [2.24, 2.45) is 0 Å². The Kier molecular flexibility index (Phi) is 7.13. The Labute approximate surface area is 312 Å². The normalized spacial score (nSPS) is 17.8. The van der Waals surface area contributed by atoms with Gasteiger partial charge in [0.2, 0.25) is 0 Å². The summed E-state index contributed by atoms with van der Waals surface area (Å²) in [6.45, 7) is 4.79. The molecule has 0 fully saturated rings. The molecule has 0 heterocycles. The summed E-state index contributed by atoms with van der Waals surface area (Å²) in [5.41, 5.74) is 18.4. The zero-order chi connectivity index (χ0) is 35.6. The molecule has 0 bridgehead atoms. The van der Waals surface area contributed by atoms with Gasteiger partial charge in [0.05, 0.1) is 0 Å². The molecule has 0 radical (unpaired) electrons. The Bertz CT molecular complexity index is 2480. The molecule has 0 aliphatic heterocycles. The minimum absolute atomic E-state index is 0.294. The minimum atomic E-state index is -0.294. The fraction of sp³-hybridized carbons (Fsp3) is 0.0769. The molecule has 1 nitrogen and oxygen atoms in total. The van der Waals surface area contributed by atoms with E-state index in [1.165, 1.54) is 66.8 Å². The molecule has 252 valence electrons. The second kappa shape index (κ2) is 12.1. The SMILES string of the molecule is CC1(c2ccccc2)c2ccccc2-c2ccc(N(c3ccc(-c4ccccc4)cc3)c3ccc4c(c3)C(C)(c3ccccc3)c3ccccc3-4)cc21. The molecule has 0 spiro atoms. The van der Waals surface area contributed by atoms with E-state index in [9.17, 15) is 0 Å². The molecule has 2 aliphatic carbocycles. The molecule has 0 saturated heterocycles. The number of rotatable bonds is 6. The molecule has 0 saturated carbocycles. The standard InChI is InChI=1S/C52H39N/c1-51(38-18-8-4-9-19-38)47-24-14-12-22-43(47)45-32-30-41(34-49(45)51)53(40-28-26-37(27-29-40)36-16-6-3-7-17-36)42-31-33-46-44-23-13-15-25-48(44)52(2,50(46)35-42)39-20-10-5-11-21-39/h3-35H,1-2H3. The van der Waals surface area contributed by atoms with E-state index in [-0.39, 0.29) is 10.8 Å². The highest BCUT2D eigenvalue weighted by Gasteiger charge is 2.42. The lowest BCUT2D eigenvalue weighted by Gasteiger charge is -2.32. The summed E-state index contributed by atoms with van der Waals surface area (Å²) in [6.07, 6.45) is 0. The molecule has 0 amide bonds. The van der Waals surface area contributed by atoms with Gasteiger partial charge in [0, 0.05) is 27.9 Å². The van der Waals surface area contributed by atoms with Crippen LogP contribution < -0.4 is 4.90 Å². The van der Waals surface area contributed by atoms with Crippen molar-refractivity contribution in [2.45, 2.75) is 24.7 Å². The maximum absolute atomic E-state index is 2.46. The van der Waals surface area contributed by atoms with Gasteiger partial charge in [-0.05, 0) is 117 Å². The van der Waals surface area contributed by atoms with Crippen molar-refractivity contribution in [3.63, 3.8) is 0 Å². The van der Waals surface area contributed by atoms with E-state index in [1.54, 1.807) is 0 Å². The van der Waals surface area contributed by atoms with E-state index in [2.05, 4.69) is 219 Å². The van der Waals surface area contributed by atoms with Crippen molar-refractivity contribution in [2.75, 3.05) is 4.90 Å². The van der Waals surface area contributed by atoms with Gasteiger partial charge in [-0.3, -0.25) is 0 Å². The van der Waals surface area contributed by atoms with Crippen LogP contribution in [0, 0.1) is 0 Å². The summed E-state index contributed by atoms with van der Waals surface area (Å²) in [5, 5.41) is 0. The van der Waals surface area contributed by atoms with Gasteiger partial charge in [-0.25, -0.2) is 0 Å². The van der Waals surface area contributed by atoms with Crippen LogP contribution in [0.25, 0.3) is 33.4 Å². The van der Waals surface area contributed by atoms with E-state index in [4.69, 9.17) is 0 Å². The number of nitrogens with zero attached hydrogens (tertiary/aromatic N) is 1. The van der Waals surface area contributed by atoms with Gasteiger partial charge < -0.3 is 4.90 Å². The van der Waals surface area contributed by atoms with Gasteiger partial charge in [-0.15, -0.1) is 0 Å². The van der Waals surface area contributed by atoms with Crippen molar-refractivity contribution in [3.8, 4) is 33.4 Å². The topological polar surface area (TPSA) is 3.24 Å². The molecular weight excluding hydrogens is 639 g/mol. The van der Waals surface area contributed by atoms with Crippen molar-refractivity contribution >= 4 is 17.1 Å². The quantitative estimate of drug-likeness (QED) is 0.169. The molecule has 0 aromatic heterocycles. The lowest BCUT2D eigenvalue weighted by atomic mass is 9.74. The van der Waals surface area contributed by atoms with Crippen LogP contribution in [0.5, 0.6) is 0 Å². The van der Waals surface area contributed by atoms with Crippen molar-refractivity contribution in [1.82, 2.24) is 0 Å². The van der Waals surface area contributed by atoms with Crippen LogP contribution in [0.4, 0.5) is 17.1 Å².